The maximum Gasteiger partial charge on any atom is 0.0772 e. The first-order valence-electron chi connectivity index (χ1n) is 3.84. The minimum absolute atomic E-state index is 0.860. The molecule has 0 bridgehead atoms. The zero-order chi connectivity index (χ0) is 8.97. The van der Waals surface area contributed by atoms with Crippen molar-refractivity contribution in [1.29, 1.82) is 0 Å². The van der Waals surface area contributed by atoms with Crippen molar-refractivity contribution in [3.05, 3.63) is 41.3 Å². The average Bonchev–Trinajstić information content (AvgIpc) is 2.06. The Kier molecular flexibility index (Phi) is 3.23. The summed E-state index contributed by atoms with van der Waals surface area (Å²) in [6.07, 6.45) is 1.80. The molecule has 1 rings (SSSR count). The van der Waals surface area contributed by atoms with E-state index in [4.69, 9.17) is 0 Å². The molecule has 0 saturated heterocycles. The quantitative estimate of drug-likeness (QED) is 0.683. The van der Waals surface area contributed by atoms with Gasteiger partial charge in [0.15, 0.2) is 0 Å². The zero-order valence-electron chi connectivity index (χ0n) is 7.28. The van der Waals surface area contributed by atoms with Crippen LogP contribution in [0.25, 0.3) is 0 Å². The van der Waals surface area contributed by atoms with Gasteiger partial charge in [0.2, 0.25) is 0 Å². The van der Waals surface area contributed by atoms with Crippen molar-refractivity contribution < 1.29 is 4.21 Å². The molecule has 0 N–H and O–H groups in total. The lowest BCUT2D eigenvalue weighted by Crippen LogP contribution is -1.85. The molecular weight excluding hydrogens is 168 g/mol. The van der Waals surface area contributed by atoms with Gasteiger partial charge >= 0.3 is 0 Å². The highest BCUT2D eigenvalue weighted by atomic mass is 32.2. The largest absolute Gasteiger partial charge is 0.250 e. The third kappa shape index (κ3) is 2.31. The summed E-state index contributed by atoms with van der Waals surface area (Å²) in [6.45, 7) is 3.88. The molecule has 0 radical (unpaired) electrons. The lowest BCUT2D eigenvalue weighted by Gasteiger charge is -1.96. The molecule has 0 unspecified atom stereocenters. The third-order valence-corrected chi connectivity index (χ3v) is 2.77. The van der Waals surface area contributed by atoms with E-state index in [2.05, 4.69) is 0 Å². The van der Waals surface area contributed by atoms with Crippen LogP contribution < -0.4 is 0 Å². The smallest absolute Gasteiger partial charge is 0.0772 e. The lowest BCUT2D eigenvalue weighted by molar-refractivity contribution is 0.688. The summed E-state index contributed by atoms with van der Waals surface area (Å²) in [4.78, 5) is 0.860. The van der Waals surface area contributed by atoms with E-state index in [0.29, 0.717) is 0 Å². The third-order valence-electron chi connectivity index (χ3n) is 1.51. The summed E-state index contributed by atoms with van der Waals surface area (Å²) < 4.78 is 11.4. The summed E-state index contributed by atoms with van der Waals surface area (Å²) in [5, 5.41) is 1.69. The highest BCUT2D eigenvalue weighted by molar-refractivity contribution is 7.88. The van der Waals surface area contributed by atoms with Crippen LogP contribution in [0.2, 0.25) is 0 Å². The Labute approximate surface area is 75.6 Å². The minimum Gasteiger partial charge on any atom is -0.250 e. The number of rotatable bonds is 2. The van der Waals surface area contributed by atoms with Gasteiger partial charge in [0.25, 0.3) is 0 Å². The van der Waals surface area contributed by atoms with Gasteiger partial charge in [-0.15, -0.1) is 0 Å². The zero-order valence-corrected chi connectivity index (χ0v) is 8.10. The number of hydrogen-bond acceptors (Lipinski definition) is 1. The molecule has 12 heavy (non-hydrogen) atoms. The molecule has 64 valence electrons. The van der Waals surface area contributed by atoms with Gasteiger partial charge < -0.3 is 0 Å². The fourth-order valence-corrected chi connectivity index (χ4v) is 1.68. The monoisotopic (exact) mass is 180 g/mol. The van der Waals surface area contributed by atoms with Gasteiger partial charge in [-0.1, -0.05) is 23.8 Å². The van der Waals surface area contributed by atoms with Crippen LogP contribution in [-0.2, 0) is 10.8 Å². The molecule has 0 fully saturated rings. The number of aryl methyl sites for hydroxylation is 1. The Morgan fingerprint density at radius 3 is 2.33 bits per heavy atom. The van der Waals surface area contributed by atoms with Crippen molar-refractivity contribution in [2.24, 2.45) is 0 Å². The van der Waals surface area contributed by atoms with E-state index >= 15 is 0 Å². The van der Waals surface area contributed by atoms with Crippen LogP contribution in [0.4, 0.5) is 0 Å². The predicted octanol–water partition coefficient (Wildman–Crippen LogP) is 2.64. The van der Waals surface area contributed by atoms with E-state index in [-0.39, 0.29) is 0 Å². The normalized spacial score (nSPS) is 13.5. The van der Waals surface area contributed by atoms with E-state index in [1.807, 2.05) is 38.1 Å². The second-order valence-electron chi connectivity index (χ2n) is 2.58. The molecule has 0 saturated carbocycles. The molecule has 1 atom stereocenters. The van der Waals surface area contributed by atoms with E-state index in [1.54, 1.807) is 11.5 Å². The van der Waals surface area contributed by atoms with Crippen LogP contribution in [-0.4, -0.2) is 4.21 Å². The Bertz CT molecular complexity index is 298. The molecule has 0 aliphatic rings. The fourth-order valence-electron chi connectivity index (χ4n) is 0.875. The first-order chi connectivity index (χ1) is 5.74. The van der Waals surface area contributed by atoms with Crippen molar-refractivity contribution in [2.45, 2.75) is 18.7 Å². The fraction of sp³-hybridized carbons (Fsp3) is 0.200. The number of hydrogen-bond donors (Lipinski definition) is 0. The SMILES string of the molecule is C/C=C/[S@@](=O)c1ccc(C)cc1. The number of benzene rings is 1. The van der Waals surface area contributed by atoms with Crippen LogP contribution in [0.1, 0.15) is 12.5 Å². The summed E-state index contributed by atoms with van der Waals surface area (Å²) in [5.74, 6) is 0. The maximum atomic E-state index is 11.4. The van der Waals surface area contributed by atoms with Crippen molar-refractivity contribution in [1.82, 2.24) is 0 Å². The molecule has 0 amide bonds. The standard InChI is InChI=1S/C10H12OS/c1-3-8-12(11)10-6-4-9(2)5-7-10/h3-8H,1-2H3/b8-3+/t12-/m1/s1. The van der Waals surface area contributed by atoms with Crippen molar-refractivity contribution in [2.75, 3.05) is 0 Å². The van der Waals surface area contributed by atoms with Crippen LogP contribution in [0.15, 0.2) is 40.6 Å². The van der Waals surface area contributed by atoms with Crippen LogP contribution in [0.5, 0.6) is 0 Å². The van der Waals surface area contributed by atoms with Crippen LogP contribution in [0, 0.1) is 6.92 Å². The van der Waals surface area contributed by atoms with Crippen molar-refractivity contribution in [3.63, 3.8) is 0 Å². The first-order valence-corrected chi connectivity index (χ1v) is 5.05. The molecule has 1 nitrogen and oxygen atoms in total. The average molecular weight is 180 g/mol. The summed E-state index contributed by atoms with van der Waals surface area (Å²) in [7, 11) is -0.972. The van der Waals surface area contributed by atoms with Gasteiger partial charge in [0.05, 0.1) is 10.8 Å². The van der Waals surface area contributed by atoms with Crippen molar-refractivity contribution in [3.8, 4) is 0 Å². The van der Waals surface area contributed by atoms with E-state index in [1.165, 1.54) is 5.56 Å². The molecule has 0 aliphatic carbocycles. The molecular formula is C10H12OS. The molecule has 0 heterocycles. The Morgan fingerprint density at radius 1 is 1.25 bits per heavy atom. The predicted molar refractivity (Wildman–Crippen MR) is 52.4 cm³/mol. The molecule has 1 aromatic rings. The molecule has 1 aromatic carbocycles. The van der Waals surface area contributed by atoms with Gasteiger partial charge in [-0.2, -0.15) is 0 Å². The summed E-state index contributed by atoms with van der Waals surface area (Å²) >= 11 is 0. The highest BCUT2D eigenvalue weighted by Crippen LogP contribution is 2.08. The van der Waals surface area contributed by atoms with Crippen LogP contribution >= 0.6 is 0 Å². The number of allylic oxidation sites excluding steroid dienone is 1. The summed E-state index contributed by atoms with van der Waals surface area (Å²) in [6, 6.07) is 7.73. The van der Waals surface area contributed by atoms with E-state index < -0.39 is 10.8 Å². The van der Waals surface area contributed by atoms with E-state index in [0.717, 1.165) is 4.90 Å². The summed E-state index contributed by atoms with van der Waals surface area (Å²) in [5.41, 5.74) is 1.19. The van der Waals surface area contributed by atoms with Crippen LogP contribution in [0.3, 0.4) is 0 Å². The maximum absolute atomic E-state index is 11.4. The van der Waals surface area contributed by atoms with Gasteiger partial charge in [-0.25, -0.2) is 4.21 Å². The van der Waals surface area contributed by atoms with Gasteiger partial charge in [-0.05, 0) is 26.0 Å². The molecule has 0 spiro atoms. The Balaban J connectivity index is 2.90. The molecule has 0 aromatic heterocycles. The van der Waals surface area contributed by atoms with Gasteiger partial charge in [0, 0.05) is 10.3 Å². The van der Waals surface area contributed by atoms with Gasteiger partial charge in [-0.3, -0.25) is 0 Å². The second kappa shape index (κ2) is 4.21. The topological polar surface area (TPSA) is 17.1 Å². The first kappa shape index (κ1) is 9.20. The Hall–Kier alpha value is -0.890. The minimum atomic E-state index is -0.972. The highest BCUT2D eigenvalue weighted by Gasteiger charge is 1.96. The molecule has 0 aliphatic heterocycles. The van der Waals surface area contributed by atoms with E-state index in [9.17, 15) is 4.21 Å². The van der Waals surface area contributed by atoms with Crippen molar-refractivity contribution >= 4 is 10.8 Å². The second-order valence-corrected chi connectivity index (χ2v) is 3.92. The van der Waals surface area contributed by atoms with Gasteiger partial charge in [0.1, 0.15) is 0 Å². The Morgan fingerprint density at radius 2 is 1.83 bits per heavy atom. The molecule has 2 heteroatoms. The lowest BCUT2D eigenvalue weighted by atomic mass is 10.2.